The summed E-state index contributed by atoms with van der Waals surface area (Å²) < 4.78 is 32.3. The molecule has 0 atom stereocenters. The van der Waals surface area contributed by atoms with E-state index in [1.165, 1.54) is 0 Å². The van der Waals surface area contributed by atoms with Crippen molar-refractivity contribution < 1.29 is 13.2 Å². The standard InChI is InChI=1S/C14H24N2O3S/c1-12(2)11-19-9-5-8-16-20(17,18)14-7-4-3-6-13(14)10-15/h3-4,6-7,12,16H,5,8-11,15H2,1-2H3. The molecule has 0 aromatic heterocycles. The van der Waals surface area contributed by atoms with Gasteiger partial charge in [0.1, 0.15) is 0 Å². The fourth-order valence-corrected chi connectivity index (χ4v) is 3.04. The van der Waals surface area contributed by atoms with Gasteiger partial charge in [-0.2, -0.15) is 0 Å². The number of nitrogens with two attached hydrogens (primary N) is 1. The van der Waals surface area contributed by atoms with Crippen LogP contribution < -0.4 is 10.5 Å². The summed E-state index contributed by atoms with van der Waals surface area (Å²) >= 11 is 0. The van der Waals surface area contributed by atoms with Crippen LogP contribution in [-0.4, -0.2) is 28.2 Å². The van der Waals surface area contributed by atoms with E-state index in [1.807, 2.05) is 0 Å². The molecule has 6 heteroatoms. The first kappa shape index (κ1) is 17.1. The first-order valence-electron chi connectivity index (χ1n) is 6.82. The summed E-state index contributed by atoms with van der Waals surface area (Å²) in [5.41, 5.74) is 6.18. The molecule has 114 valence electrons. The van der Waals surface area contributed by atoms with Crippen molar-refractivity contribution in [2.24, 2.45) is 11.7 Å². The molecule has 0 heterocycles. The molecule has 0 aliphatic heterocycles. The van der Waals surface area contributed by atoms with E-state index in [0.717, 1.165) is 0 Å². The third kappa shape index (κ3) is 5.58. The molecule has 0 saturated carbocycles. The van der Waals surface area contributed by atoms with E-state index >= 15 is 0 Å². The lowest BCUT2D eigenvalue weighted by Gasteiger charge is -2.11. The molecule has 1 aromatic carbocycles. The minimum atomic E-state index is -3.49. The van der Waals surface area contributed by atoms with Gasteiger partial charge < -0.3 is 10.5 Å². The van der Waals surface area contributed by atoms with E-state index in [0.29, 0.717) is 37.7 Å². The predicted octanol–water partition coefficient (Wildman–Crippen LogP) is 1.49. The summed E-state index contributed by atoms with van der Waals surface area (Å²) in [4.78, 5) is 0.255. The van der Waals surface area contributed by atoms with Crippen LogP contribution in [0.25, 0.3) is 0 Å². The fraction of sp³-hybridized carbons (Fsp3) is 0.571. The van der Waals surface area contributed by atoms with Gasteiger partial charge >= 0.3 is 0 Å². The Morgan fingerprint density at radius 3 is 2.65 bits per heavy atom. The molecule has 3 N–H and O–H groups in total. The van der Waals surface area contributed by atoms with Gasteiger partial charge in [-0.25, -0.2) is 13.1 Å². The normalized spacial score (nSPS) is 12.0. The van der Waals surface area contributed by atoms with Crippen LogP contribution in [0.15, 0.2) is 29.2 Å². The average molecular weight is 300 g/mol. The molecule has 0 amide bonds. The van der Waals surface area contributed by atoms with E-state index in [2.05, 4.69) is 18.6 Å². The number of ether oxygens (including phenoxy) is 1. The Morgan fingerprint density at radius 2 is 2.00 bits per heavy atom. The van der Waals surface area contributed by atoms with Crippen LogP contribution in [0, 0.1) is 5.92 Å². The monoisotopic (exact) mass is 300 g/mol. The molecule has 20 heavy (non-hydrogen) atoms. The van der Waals surface area contributed by atoms with Crippen molar-refractivity contribution in [3.63, 3.8) is 0 Å². The summed E-state index contributed by atoms with van der Waals surface area (Å²) in [6.07, 6.45) is 0.650. The zero-order chi connectivity index (χ0) is 15.0. The first-order valence-corrected chi connectivity index (χ1v) is 8.31. The van der Waals surface area contributed by atoms with E-state index in [-0.39, 0.29) is 11.4 Å². The number of sulfonamides is 1. The Bertz CT molecular complexity index is 501. The number of hydrogen-bond donors (Lipinski definition) is 2. The Hall–Kier alpha value is -0.950. The zero-order valence-electron chi connectivity index (χ0n) is 12.1. The second kappa shape index (κ2) is 8.36. The summed E-state index contributed by atoms with van der Waals surface area (Å²) in [6.45, 7) is 5.97. The number of rotatable bonds is 9. The number of hydrogen-bond acceptors (Lipinski definition) is 4. The maximum Gasteiger partial charge on any atom is 0.240 e. The Labute approximate surface area is 121 Å². The van der Waals surface area contributed by atoms with E-state index in [1.54, 1.807) is 24.3 Å². The van der Waals surface area contributed by atoms with Crippen LogP contribution in [-0.2, 0) is 21.3 Å². The lowest BCUT2D eigenvalue weighted by molar-refractivity contribution is 0.108. The highest BCUT2D eigenvalue weighted by molar-refractivity contribution is 7.89. The largest absolute Gasteiger partial charge is 0.381 e. The van der Waals surface area contributed by atoms with Crippen LogP contribution in [0.1, 0.15) is 25.8 Å². The van der Waals surface area contributed by atoms with Crippen LogP contribution in [0.2, 0.25) is 0 Å². The Balaban J connectivity index is 2.46. The van der Waals surface area contributed by atoms with Gasteiger partial charge in [0.15, 0.2) is 0 Å². The minimum Gasteiger partial charge on any atom is -0.381 e. The number of nitrogens with one attached hydrogen (secondary N) is 1. The molecule has 0 bridgehead atoms. The molecule has 1 rings (SSSR count). The summed E-state index contributed by atoms with van der Waals surface area (Å²) in [7, 11) is -3.49. The fourth-order valence-electron chi connectivity index (χ4n) is 1.71. The van der Waals surface area contributed by atoms with E-state index in [4.69, 9.17) is 10.5 Å². The molecule has 0 unspecified atom stereocenters. The molecule has 0 aliphatic carbocycles. The lowest BCUT2D eigenvalue weighted by Crippen LogP contribution is -2.27. The quantitative estimate of drug-likeness (QED) is 0.677. The predicted molar refractivity (Wildman–Crippen MR) is 79.8 cm³/mol. The molecule has 0 aliphatic rings. The van der Waals surface area contributed by atoms with Gasteiger partial charge in [-0.15, -0.1) is 0 Å². The molecule has 0 radical (unpaired) electrons. The van der Waals surface area contributed by atoms with Gasteiger partial charge in [0.2, 0.25) is 10.0 Å². The molecule has 0 fully saturated rings. The highest BCUT2D eigenvalue weighted by Crippen LogP contribution is 2.14. The van der Waals surface area contributed by atoms with Crippen LogP contribution >= 0.6 is 0 Å². The van der Waals surface area contributed by atoms with Gasteiger partial charge in [0.25, 0.3) is 0 Å². The highest BCUT2D eigenvalue weighted by atomic mass is 32.2. The molecular formula is C14H24N2O3S. The maximum absolute atomic E-state index is 12.1. The third-order valence-electron chi connectivity index (χ3n) is 2.69. The van der Waals surface area contributed by atoms with Crippen LogP contribution in [0.4, 0.5) is 0 Å². The topological polar surface area (TPSA) is 81.4 Å². The summed E-state index contributed by atoms with van der Waals surface area (Å²) in [5, 5.41) is 0. The van der Waals surface area contributed by atoms with Gasteiger partial charge in [0.05, 0.1) is 4.90 Å². The summed E-state index contributed by atoms with van der Waals surface area (Å²) in [6, 6.07) is 6.76. The molecule has 0 spiro atoms. The molecule has 0 saturated heterocycles. The lowest BCUT2D eigenvalue weighted by atomic mass is 10.2. The van der Waals surface area contributed by atoms with Crippen molar-refractivity contribution in [2.45, 2.75) is 31.7 Å². The van der Waals surface area contributed by atoms with Gasteiger partial charge in [-0.3, -0.25) is 0 Å². The van der Waals surface area contributed by atoms with Crippen molar-refractivity contribution in [3.05, 3.63) is 29.8 Å². The Morgan fingerprint density at radius 1 is 1.30 bits per heavy atom. The van der Waals surface area contributed by atoms with Crippen molar-refractivity contribution in [3.8, 4) is 0 Å². The van der Waals surface area contributed by atoms with Gasteiger partial charge in [0, 0.05) is 26.3 Å². The van der Waals surface area contributed by atoms with E-state index < -0.39 is 10.0 Å². The summed E-state index contributed by atoms with van der Waals surface area (Å²) in [5.74, 6) is 0.489. The zero-order valence-corrected chi connectivity index (χ0v) is 12.9. The second-order valence-electron chi connectivity index (χ2n) is 5.03. The molecular weight excluding hydrogens is 276 g/mol. The third-order valence-corrected chi connectivity index (χ3v) is 4.25. The van der Waals surface area contributed by atoms with Crippen molar-refractivity contribution >= 4 is 10.0 Å². The molecule has 1 aromatic rings. The van der Waals surface area contributed by atoms with E-state index in [9.17, 15) is 8.42 Å². The van der Waals surface area contributed by atoms with Crippen molar-refractivity contribution in [1.82, 2.24) is 4.72 Å². The maximum atomic E-state index is 12.1. The smallest absolute Gasteiger partial charge is 0.240 e. The Kier molecular flexibility index (Phi) is 7.15. The van der Waals surface area contributed by atoms with Gasteiger partial charge in [-0.1, -0.05) is 32.0 Å². The first-order chi connectivity index (χ1) is 9.47. The second-order valence-corrected chi connectivity index (χ2v) is 6.77. The minimum absolute atomic E-state index is 0.203. The highest BCUT2D eigenvalue weighted by Gasteiger charge is 2.16. The van der Waals surface area contributed by atoms with Crippen molar-refractivity contribution in [2.75, 3.05) is 19.8 Å². The van der Waals surface area contributed by atoms with Crippen LogP contribution in [0.5, 0.6) is 0 Å². The average Bonchev–Trinajstić information content (AvgIpc) is 2.42. The van der Waals surface area contributed by atoms with Crippen molar-refractivity contribution in [1.29, 1.82) is 0 Å². The molecule has 5 nitrogen and oxygen atoms in total. The van der Waals surface area contributed by atoms with Crippen LogP contribution in [0.3, 0.4) is 0 Å². The number of benzene rings is 1. The van der Waals surface area contributed by atoms with Gasteiger partial charge in [-0.05, 0) is 24.0 Å². The SMILES string of the molecule is CC(C)COCCCNS(=O)(=O)c1ccccc1CN.